The standard InChI is InChI=1S/C86H102O17Si/c1-8-49-90-85-81(102-83(88)70-47-31-16-32-48-70)79(95-55-68-43-27-14-28-44-68)77(93-53-66-39-23-12-24-40-66)72(101-85)58-97-86-82(80(96-56-69-45-29-15-30-46-69)76(92-52-65-37-21-11-22-38-65)71(100-86)57-89-50-63-33-17-9-18-34-63)103-84-74(87)78(94-54-67-41-25-13-26-42-67)75(91-51-64-35-19-10-20-36-64)73(99-84)59-98-104(60(2)3,61(4)5)62(6)7/h8-48,60-62,71-82,84-87H,1,49-59H2,2-7H3. The van der Waals surface area contributed by atoms with E-state index in [1.807, 2.05) is 218 Å². The van der Waals surface area contributed by atoms with Gasteiger partial charge in [-0.05, 0) is 67.7 Å². The Hall–Kier alpha value is -7.41. The lowest BCUT2D eigenvalue weighted by Gasteiger charge is -2.50. The van der Waals surface area contributed by atoms with Crippen LogP contribution in [-0.2, 0) is 117 Å². The number of benzene rings is 8. The van der Waals surface area contributed by atoms with Crippen LogP contribution in [-0.4, -0.2) is 138 Å². The zero-order chi connectivity index (χ0) is 72.5. The molecular weight excluding hydrogens is 1330 g/mol. The van der Waals surface area contributed by atoms with Crippen LogP contribution >= 0.6 is 0 Å². The molecule has 11 rings (SSSR count). The molecule has 0 spiro atoms. The molecule has 3 heterocycles. The van der Waals surface area contributed by atoms with Crippen LogP contribution in [0.15, 0.2) is 255 Å². The van der Waals surface area contributed by atoms with Gasteiger partial charge in [0.05, 0.1) is 78.2 Å². The summed E-state index contributed by atoms with van der Waals surface area (Å²) >= 11 is 0. The minimum Gasteiger partial charge on any atom is -0.450 e. The Bertz CT molecular complexity index is 3700. The van der Waals surface area contributed by atoms with E-state index in [9.17, 15) is 9.90 Å². The van der Waals surface area contributed by atoms with E-state index < -0.39 is 106 Å². The normalized spacial score (nSPS) is 25.1. The predicted molar refractivity (Wildman–Crippen MR) is 398 cm³/mol. The van der Waals surface area contributed by atoms with Gasteiger partial charge in [-0.3, -0.25) is 0 Å². The van der Waals surface area contributed by atoms with Gasteiger partial charge in [-0.25, -0.2) is 4.79 Å². The molecule has 3 fully saturated rings. The molecule has 15 atom stereocenters. The molecule has 3 aliphatic heterocycles. The molecule has 104 heavy (non-hydrogen) atoms. The van der Waals surface area contributed by atoms with E-state index in [1.165, 1.54) is 0 Å². The number of ether oxygens (including phenoxy) is 14. The highest BCUT2D eigenvalue weighted by atomic mass is 28.4. The zero-order valence-corrected chi connectivity index (χ0v) is 61.5. The fourth-order valence-electron chi connectivity index (χ4n) is 14.3. The lowest BCUT2D eigenvalue weighted by Crippen LogP contribution is -2.67. The van der Waals surface area contributed by atoms with Gasteiger partial charge in [-0.1, -0.05) is 278 Å². The van der Waals surface area contributed by atoms with E-state index in [0.29, 0.717) is 5.56 Å². The van der Waals surface area contributed by atoms with Crippen molar-refractivity contribution in [2.45, 2.75) is 197 Å². The van der Waals surface area contributed by atoms with Crippen molar-refractivity contribution in [2.75, 3.05) is 26.4 Å². The van der Waals surface area contributed by atoms with Gasteiger partial charge in [0.15, 0.2) is 33.3 Å². The molecule has 0 aromatic heterocycles. The van der Waals surface area contributed by atoms with Gasteiger partial charge >= 0.3 is 5.97 Å². The Morgan fingerprint density at radius 1 is 0.375 bits per heavy atom. The minimum atomic E-state index is -2.62. The van der Waals surface area contributed by atoms with Gasteiger partial charge in [0.25, 0.3) is 0 Å². The summed E-state index contributed by atoms with van der Waals surface area (Å²) in [6.07, 6.45) is -15.5. The number of carbonyl (C=O) groups excluding carboxylic acids is 1. The van der Waals surface area contributed by atoms with Gasteiger partial charge in [0.1, 0.15) is 67.1 Å². The van der Waals surface area contributed by atoms with E-state index in [-0.39, 0.29) is 89.3 Å². The average molecular weight is 1440 g/mol. The molecule has 15 unspecified atom stereocenters. The summed E-state index contributed by atoms with van der Waals surface area (Å²) in [6.45, 7) is 18.2. The molecular formula is C86H102O17Si. The maximum absolute atomic E-state index is 14.4. The van der Waals surface area contributed by atoms with Crippen molar-refractivity contribution >= 4 is 14.3 Å². The molecule has 3 saturated heterocycles. The van der Waals surface area contributed by atoms with Crippen molar-refractivity contribution in [3.63, 3.8) is 0 Å². The van der Waals surface area contributed by atoms with Crippen LogP contribution < -0.4 is 0 Å². The van der Waals surface area contributed by atoms with Crippen LogP contribution in [0.5, 0.6) is 0 Å². The largest absolute Gasteiger partial charge is 0.450 e. The van der Waals surface area contributed by atoms with Crippen LogP contribution in [0.4, 0.5) is 0 Å². The van der Waals surface area contributed by atoms with Crippen molar-refractivity contribution in [3.05, 3.63) is 300 Å². The molecule has 8 aromatic rings. The number of hydrogen-bond donors (Lipinski definition) is 1. The quantitative estimate of drug-likeness (QED) is 0.0219. The van der Waals surface area contributed by atoms with Gasteiger partial charge in [0, 0.05) is 0 Å². The number of aliphatic hydroxyl groups excluding tert-OH is 1. The van der Waals surface area contributed by atoms with Crippen molar-refractivity contribution in [1.82, 2.24) is 0 Å². The number of carbonyl (C=O) groups is 1. The van der Waals surface area contributed by atoms with Crippen molar-refractivity contribution in [1.29, 1.82) is 0 Å². The van der Waals surface area contributed by atoms with Crippen molar-refractivity contribution < 1.29 is 80.6 Å². The first-order valence-electron chi connectivity index (χ1n) is 36.4. The molecule has 8 aromatic carbocycles. The van der Waals surface area contributed by atoms with Gasteiger partial charge in [0.2, 0.25) is 0 Å². The molecule has 3 aliphatic rings. The maximum Gasteiger partial charge on any atom is 0.338 e. The predicted octanol–water partition coefficient (Wildman–Crippen LogP) is 15.3. The van der Waals surface area contributed by atoms with Crippen molar-refractivity contribution in [2.24, 2.45) is 0 Å². The van der Waals surface area contributed by atoms with E-state index >= 15 is 0 Å². The van der Waals surface area contributed by atoms with Crippen LogP contribution in [0.25, 0.3) is 0 Å². The van der Waals surface area contributed by atoms with Crippen molar-refractivity contribution in [3.8, 4) is 0 Å². The summed E-state index contributed by atoms with van der Waals surface area (Å²) < 4.78 is 107. The van der Waals surface area contributed by atoms with Crippen LogP contribution in [0.1, 0.15) is 90.8 Å². The first-order valence-corrected chi connectivity index (χ1v) is 38.6. The maximum atomic E-state index is 14.4. The van der Waals surface area contributed by atoms with E-state index in [4.69, 9.17) is 70.7 Å². The number of rotatable bonds is 38. The molecule has 17 nitrogen and oxygen atoms in total. The highest BCUT2D eigenvalue weighted by molar-refractivity contribution is 6.77. The second-order valence-corrected chi connectivity index (χ2v) is 33.1. The van der Waals surface area contributed by atoms with Crippen LogP contribution in [0, 0.1) is 0 Å². The second-order valence-electron chi connectivity index (χ2n) is 27.6. The Labute approximate surface area is 614 Å². The third-order valence-electron chi connectivity index (χ3n) is 19.5. The summed E-state index contributed by atoms with van der Waals surface area (Å²) in [5.41, 5.74) is 7.20. The SMILES string of the molecule is C=CCOC1OC(COC2OC(COCc3ccccc3)C(OCc3ccccc3)C(OCc3ccccc3)C2OC2OC(CO[Si](C(C)C)(C(C)C)C(C)C)C(OCc3ccccc3)C(OCc3ccccc3)C2O)C(OCc2ccccc2)C(OCc2ccccc2)C1OC(=O)c1ccccc1. The lowest BCUT2D eigenvalue weighted by molar-refractivity contribution is -0.384. The monoisotopic (exact) mass is 1430 g/mol. The molecule has 0 aliphatic carbocycles. The summed E-state index contributed by atoms with van der Waals surface area (Å²) in [6, 6.07) is 77.5. The van der Waals surface area contributed by atoms with Gasteiger partial charge in [-0.15, -0.1) is 6.58 Å². The first kappa shape index (κ1) is 77.7. The highest BCUT2D eigenvalue weighted by Crippen LogP contribution is 2.44. The van der Waals surface area contributed by atoms with E-state index in [1.54, 1.807) is 30.3 Å². The number of aliphatic hydroxyl groups is 1. The number of esters is 1. The topological polar surface area (TPSA) is 176 Å². The summed E-state index contributed by atoms with van der Waals surface area (Å²) in [5.74, 6) is -0.623. The van der Waals surface area contributed by atoms with Crippen LogP contribution in [0.2, 0.25) is 16.6 Å². The number of hydrogen-bond acceptors (Lipinski definition) is 17. The fourth-order valence-corrected chi connectivity index (χ4v) is 19.8. The van der Waals surface area contributed by atoms with Gasteiger partial charge in [-0.2, -0.15) is 0 Å². The average Bonchev–Trinajstić information content (AvgIpc) is 0.765. The zero-order valence-electron chi connectivity index (χ0n) is 60.5. The van der Waals surface area contributed by atoms with E-state index in [0.717, 1.165) is 38.9 Å². The summed E-state index contributed by atoms with van der Waals surface area (Å²) in [4.78, 5) is 14.4. The highest BCUT2D eigenvalue weighted by Gasteiger charge is 2.57. The summed E-state index contributed by atoms with van der Waals surface area (Å²) in [5, 5.41) is 13.5. The lowest BCUT2D eigenvalue weighted by atomic mass is 9.96. The third-order valence-corrected chi connectivity index (χ3v) is 25.5. The van der Waals surface area contributed by atoms with E-state index in [2.05, 4.69) is 48.1 Å². The molecule has 0 saturated carbocycles. The smallest absolute Gasteiger partial charge is 0.338 e. The Morgan fingerprint density at radius 2 is 0.692 bits per heavy atom. The Kier molecular flexibility index (Phi) is 29.7. The Balaban J connectivity index is 1.03. The summed E-state index contributed by atoms with van der Waals surface area (Å²) in [7, 11) is -2.62. The third kappa shape index (κ3) is 21.2. The first-order chi connectivity index (χ1) is 50.8. The molecule has 18 heteroatoms. The minimum absolute atomic E-state index is 0.00118. The molecule has 0 radical (unpaired) electrons. The second kappa shape index (κ2) is 39.8. The molecule has 1 N–H and O–H groups in total. The van der Waals surface area contributed by atoms with Crippen LogP contribution in [0.3, 0.4) is 0 Å². The molecule has 552 valence electrons. The Morgan fingerprint density at radius 3 is 1.09 bits per heavy atom. The molecule has 0 bridgehead atoms. The fraction of sp³-hybridized carbons (Fsp3) is 0.407. The van der Waals surface area contributed by atoms with Gasteiger partial charge < -0.3 is 75.8 Å². The molecule has 0 amide bonds.